The summed E-state index contributed by atoms with van der Waals surface area (Å²) in [5.74, 6) is 4.10. The van der Waals surface area contributed by atoms with E-state index in [1.165, 1.54) is 9.75 Å². The molecule has 1 aliphatic carbocycles. The monoisotopic (exact) mass is 590 g/mol. The van der Waals surface area contributed by atoms with Gasteiger partial charge in [0.05, 0.1) is 16.0 Å². The Morgan fingerprint density at radius 3 is 2.64 bits per heavy atom. The second-order valence-corrected chi connectivity index (χ2v) is 10.9. The van der Waals surface area contributed by atoms with Crippen molar-refractivity contribution >= 4 is 56.1 Å². The molecule has 0 spiro atoms. The molecule has 0 saturated carbocycles. The molecule has 2 atom stereocenters. The van der Waals surface area contributed by atoms with E-state index in [1.54, 1.807) is 35.1 Å². The Morgan fingerprint density at radius 2 is 2.00 bits per heavy atom. The van der Waals surface area contributed by atoms with Gasteiger partial charge in [0.2, 0.25) is 0 Å². The van der Waals surface area contributed by atoms with Gasteiger partial charge < -0.3 is 16.2 Å². The molecule has 0 unspecified atom stereocenters. The number of nitrogens with two attached hydrogens (primary N) is 1. The van der Waals surface area contributed by atoms with E-state index in [9.17, 15) is 13.2 Å². The van der Waals surface area contributed by atoms with E-state index in [0.29, 0.717) is 5.15 Å². The summed E-state index contributed by atoms with van der Waals surface area (Å²) in [6.07, 6.45) is 4.58. The molecule has 0 fully saturated rings. The molecule has 1 aliphatic rings. The molecule has 0 amide bonds. The van der Waals surface area contributed by atoms with Crippen LogP contribution in [0.15, 0.2) is 60.3 Å². The van der Waals surface area contributed by atoms with Crippen molar-refractivity contribution in [2.24, 2.45) is 5.73 Å². The number of rotatable bonds is 4. The lowest BCUT2D eigenvalue weighted by Crippen LogP contribution is -2.29. The molecule has 4 aromatic heterocycles. The third-order valence-electron chi connectivity index (χ3n) is 5.72. The number of carboxylic acids is 1. The number of aliphatic carboxylic acids is 1. The highest BCUT2D eigenvalue weighted by molar-refractivity contribution is 7.20. The van der Waals surface area contributed by atoms with Crippen LogP contribution in [0.4, 0.5) is 18.9 Å². The number of thiophene rings is 2. The van der Waals surface area contributed by atoms with E-state index in [0.717, 1.165) is 46.4 Å². The Bertz CT molecular complexity index is 1530. The van der Waals surface area contributed by atoms with Crippen LogP contribution in [0.2, 0.25) is 5.15 Å². The predicted molar refractivity (Wildman–Crippen MR) is 149 cm³/mol. The molecule has 4 aromatic rings. The molecule has 0 aliphatic heterocycles. The normalized spacial score (nSPS) is 16.6. The maximum absolute atomic E-state index is 10.6. The number of nitrogens with one attached hydrogen (secondary N) is 1. The summed E-state index contributed by atoms with van der Waals surface area (Å²) in [6.45, 7) is 0.739. The van der Waals surface area contributed by atoms with Crippen molar-refractivity contribution in [1.29, 1.82) is 0 Å². The number of pyridine rings is 2. The molecule has 4 N–H and O–H groups in total. The highest BCUT2D eigenvalue weighted by atomic mass is 35.5. The number of alkyl halides is 3. The smallest absolute Gasteiger partial charge is 0.475 e. The lowest BCUT2D eigenvalue weighted by Gasteiger charge is -2.24. The maximum Gasteiger partial charge on any atom is 0.490 e. The van der Waals surface area contributed by atoms with Crippen molar-refractivity contribution < 1.29 is 23.1 Å². The minimum Gasteiger partial charge on any atom is -0.475 e. The van der Waals surface area contributed by atoms with Crippen LogP contribution in [0.25, 0.3) is 10.2 Å². The highest BCUT2D eigenvalue weighted by Crippen LogP contribution is 2.43. The topological polar surface area (TPSA) is 101 Å². The molecule has 0 radical (unpaired) electrons. The van der Waals surface area contributed by atoms with Crippen LogP contribution in [0, 0.1) is 11.8 Å². The highest BCUT2D eigenvalue weighted by Gasteiger charge is 2.38. The van der Waals surface area contributed by atoms with Crippen LogP contribution in [0.1, 0.15) is 39.6 Å². The number of fused-ring (bicyclic) bond motifs is 1. The van der Waals surface area contributed by atoms with Crippen molar-refractivity contribution in [2.75, 3.05) is 5.32 Å². The third-order valence-corrected chi connectivity index (χ3v) is 8.14. The summed E-state index contributed by atoms with van der Waals surface area (Å²) in [4.78, 5) is 20.2. The van der Waals surface area contributed by atoms with Crippen molar-refractivity contribution in [2.45, 2.75) is 37.5 Å². The number of carbonyl (C=O) groups is 1. The Labute approximate surface area is 235 Å². The zero-order chi connectivity index (χ0) is 28.0. The molecule has 39 heavy (non-hydrogen) atoms. The summed E-state index contributed by atoms with van der Waals surface area (Å²) in [5.41, 5.74) is 10.1. The summed E-state index contributed by atoms with van der Waals surface area (Å²) in [5, 5.41) is 13.2. The molecule has 12 heteroatoms. The SMILES string of the molecule is N[C@H]1CC=CC[C@@H]1c1sc2c(NCc3cccs3)cc(Cl)nc2c1C#Cc1cccnc1.O=C(O)C(F)(F)F. The number of allylic oxidation sites excluding steroid dienone is 1. The van der Waals surface area contributed by atoms with E-state index < -0.39 is 12.1 Å². The number of hydrogen-bond donors (Lipinski definition) is 3. The second-order valence-electron chi connectivity index (χ2n) is 8.45. The summed E-state index contributed by atoms with van der Waals surface area (Å²) in [7, 11) is 0. The standard InChI is InChI=1S/C25H21ClN4S2.C2HF3O2/c26-22-13-21(29-15-17-6-4-12-31-17)25-23(30-22)19(10-9-16-5-3-11-28-14-16)24(32-25)18-7-1-2-8-20(18)27;3-2(4,5)1(6)7/h1-6,11-14,18,20H,7-8,15,27H2,(H,29,30);(H,6,7)/t18-,20-;/m0./s1. The van der Waals surface area contributed by atoms with Gasteiger partial charge >= 0.3 is 12.1 Å². The number of aromatic nitrogens is 2. The first-order chi connectivity index (χ1) is 18.6. The Hall–Kier alpha value is -3.43. The number of nitrogens with zero attached hydrogens (tertiary/aromatic N) is 2. The summed E-state index contributed by atoms with van der Waals surface area (Å²) >= 11 is 9.92. The van der Waals surface area contributed by atoms with Crippen LogP contribution < -0.4 is 11.1 Å². The molecule has 0 bridgehead atoms. The molecule has 0 aromatic carbocycles. The first kappa shape index (κ1) is 28.6. The van der Waals surface area contributed by atoms with Gasteiger partial charge in [-0.15, -0.1) is 22.7 Å². The van der Waals surface area contributed by atoms with Crippen molar-refractivity contribution in [3.8, 4) is 11.8 Å². The van der Waals surface area contributed by atoms with Crippen molar-refractivity contribution in [1.82, 2.24) is 9.97 Å². The van der Waals surface area contributed by atoms with Gasteiger partial charge in [0, 0.05) is 52.3 Å². The van der Waals surface area contributed by atoms with Gasteiger partial charge in [-0.25, -0.2) is 9.78 Å². The number of carboxylic acid groups (broad SMARTS) is 1. The predicted octanol–water partition coefficient (Wildman–Crippen LogP) is 6.81. The molecule has 6 nitrogen and oxygen atoms in total. The zero-order valence-electron chi connectivity index (χ0n) is 20.2. The van der Waals surface area contributed by atoms with Crippen LogP contribution in [-0.4, -0.2) is 33.3 Å². The van der Waals surface area contributed by atoms with Crippen LogP contribution in [-0.2, 0) is 11.3 Å². The molecule has 4 heterocycles. The molecule has 0 saturated heterocycles. The Balaban J connectivity index is 0.000000448. The van der Waals surface area contributed by atoms with Crippen LogP contribution in [0.5, 0.6) is 0 Å². The van der Waals surface area contributed by atoms with Gasteiger partial charge in [0.1, 0.15) is 10.7 Å². The quantitative estimate of drug-likeness (QED) is 0.137. The zero-order valence-corrected chi connectivity index (χ0v) is 22.6. The fourth-order valence-corrected chi connectivity index (χ4v) is 6.08. The van der Waals surface area contributed by atoms with E-state index in [1.807, 2.05) is 18.2 Å². The van der Waals surface area contributed by atoms with Gasteiger partial charge in [-0.2, -0.15) is 13.2 Å². The number of hydrogen-bond acceptors (Lipinski definition) is 7. The van der Waals surface area contributed by atoms with E-state index >= 15 is 0 Å². The van der Waals surface area contributed by atoms with Crippen LogP contribution in [0.3, 0.4) is 0 Å². The van der Waals surface area contributed by atoms with Crippen LogP contribution >= 0.6 is 34.3 Å². The average molecular weight is 591 g/mol. The van der Waals surface area contributed by atoms with Crippen molar-refractivity contribution in [3.05, 3.63) is 86.3 Å². The van der Waals surface area contributed by atoms with Gasteiger partial charge in [-0.3, -0.25) is 4.98 Å². The van der Waals surface area contributed by atoms with E-state index in [2.05, 4.69) is 51.8 Å². The fraction of sp³-hybridized carbons (Fsp3) is 0.222. The molecule has 5 rings (SSSR count). The number of anilines is 1. The fourth-order valence-electron chi connectivity index (χ4n) is 3.87. The Morgan fingerprint density at radius 1 is 1.23 bits per heavy atom. The first-order valence-electron chi connectivity index (χ1n) is 11.7. The molecular weight excluding hydrogens is 569 g/mol. The number of halogens is 4. The molecule has 202 valence electrons. The van der Waals surface area contributed by atoms with Gasteiger partial charge in [-0.1, -0.05) is 41.7 Å². The van der Waals surface area contributed by atoms with Crippen molar-refractivity contribution in [3.63, 3.8) is 0 Å². The van der Waals surface area contributed by atoms with E-state index in [-0.39, 0.29) is 12.0 Å². The van der Waals surface area contributed by atoms with Gasteiger partial charge in [-0.05, 0) is 36.4 Å². The maximum atomic E-state index is 10.6. The lowest BCUT2D eigenvalue weighted by atomic mass is 9.87. The second kappa shape index (κ2) is 12.6. The Kier molecular flexibility index (Phi) is 9.24. The van der Waals surface area contributed by atoms with Gasteiger partial charge in [0.25, 0.3) is 0 Å². The minimum atomic E-state index is -5.08. The lowest BCUT2D eigenvalue weighted by molar-refractivity contribution is -0.192. The third kappa shape index (κ3) is 7.36. The largest absolute Gasteiger partial charge is 0.490 e. The molecular formula is C27H22ClF3N4O2S2. The van der Waals surface area contributed by atoms with E-state index in [4.69, 9.17) is 32.2 Å². The minimum absolute atomic E-state index is 0.0602. The summed E-state index contributed by atoms with van der Waals surface area (Å²) < 4.78 is 32.8. The summed E-state index contributed by atoms with van der Waals surface area (Å²) in [6, 6.07) is 9.99. The van der Waals surface area contributed by atoms with Gasteiger partial charge in [0.15, 0.2) is 0 Å². The average Bonchev–Trinajstić information content (AvgIpc) is 3.55. The first-order valence-corrected chi connectivity index (χ1v) is 13.7.